The molecule has 1 rings (SSSR count). The van der Waals surface area contributed by atoms with Crippen molar-refractivity contribution in [3.8, 4) is 0 Å². The second-order valence-corrected chi connectivity index (χ2v) is 6.25. The Hall–Kier alpha value is -1.95. The number of aliphatic hydroxyl groups is 1. The summed E-state index contributed by atoms with van der Waals surface area (Å²) in [6, 6.07) is 6.00. The van der Waals surface area contributed by atoms with Crippen LogP contribution in [-0.4, -0.2) is 27.1 Å². The number of benzene rings is 1. The summed E-state index contributed by atoms with van der Waals surface area (Å²) in [4.78, 5) is 22.6. The summed E-state index contributed by atoms with van der Waals surface area (Å²) in [5.74, 6) is -0.839. The Labute approximate surface area is 124 Å². The normalized spacial score (nSPS) is 13.6. The first-order valence-electron chi connectivity index (χ1n) is 6.74. The number of nitrogens with zero attached hydrogens (tertiary/aromatic N) is 1. The quantitative estimate of drug-likeness (QED) is 0.644. The third kappa shape index (κ3) is 4.01. The molecule has 0 bridgehead atoms. The Morgan fingerprint density at radius 3 is 2.38 bits per heavy atom. The summed E-state index contributed by atoms with van der Waals surface area (Å²) < 4.78 is 0. The number of carbonyl (C=O) groups excluding carboxylic acids is 1. The summed E-state index contributed by atoms with van der Waals surface area (Å²) in [6.07, 6.45) is 0. The Morgan fingerprint density at radius 2 is 1.90 bits per heavy atom. The van der Waals surface area contributed by atoms with Crippen molar-refractivity contribution in [3.05, 3.63) is 39.9 Å². The monoisotopic (exact) mass is 294 g/mol. The maximum atomic E-state index is 12.3. The van der Waals surface area contributed by atoms with Gasteiger partial charge in [-0.3, -0.25) is 14.9 Å². The van der Waals surface area contributed by atoms with Crippen LogP contribution in [-0.2, 0) is 4.79 Å². The van der Waals surface area contributed by atoms with Gasteiger partial charge < -0.3 is 10.4 Å². The van der Waals surface area contributed by atoms with E-state index in [1.807, 2.05) is 0 Å². The zero-order valence-electron chi connectivity index (χ0n) is 13.0. The van der Waals surface area contributed by atoms with Crippen molar-refractivity contribution in [2.75, 3.05) is 0 Å². The van der Waals surface area contributed by atoms with E-state index in [1.54, 1.807) is 46.8 Å². The standard InChI is InChI=1S/C15H22N2O4/c1-10(11-7-6-8-12(9-11)17(20)21)13(18)16-14(2,3)15(4,5)19/h6-10,19H,1-5H3,(H,16,18). The lowest BCUT2D eigenvalue weighted by atomic mass is 9.85. The zero-order chi connectivity index (χ0) is 16.4. The van der Waals surface area contributed by atoms with Crippen molar-refractivity contribution in [1.29, 1.82) is 0 Å². The average molecular weight is 294 g/mol. The lowest BCUT2D eigenvalue weighted by molar-refractivity contribution is -0.384. The number of carbonyl (C=O) groups is 1. The first-order valence-corrected chi connectivity index (χ1v) is 6.74. The summed E-state index contributed by atoms with van der Waals surface area (Å²) >= 11 is 0. The van der Waals surface area contributed by atoms with Crippen LogP contribution in [0.25, 0.3) is 0 Å². The van der Waals surface area contributed by atoms with Gasteiger partial charge in [0.05, 0.1) is 22.0 Å². The second-order valence-electron chi connectivity index (χ2n) is 6.25. The minimum atomic E-state index is -1.09. The summed E-state index contributed by atoms with van der Waals surface area (Å²) in [5, 5.41) is 23.6. The van der Waals surface area contributed by atoms with E-state index in [4.69, 9.17) is 0 Å². The molecule has 0 fully saturated rings. The highest BCUT2D eigenvalue weighted by molar-refractivity contribution is 5.84. The number of non-ortho nitro benzene ring substituents is 1. The number of nitrogens with one attached hydrogen (secondary N) is 1. The molecule has 0 aromatic heterocycles. The Morgan fingerprint density at radius 1 is 1.33 bits per heavy atom. The topological polar surface area (TPSA) is 92.5 Å². The van der Waals surface area contributed by atoms with Crippen LogP contribution in [0.2, 0.25) is 0 Å². The number of amides is 1. The fraction of sp³-hybridized carbons (Fsp3) is 0.533. The van der Waals surface area contributed by atoms with Crippen molar-refractivity contribution >= 4 is 11.6 Å². The molecule has 2 N–H and O–H groups in total. The molecule has 0 spiro atoms. The van der Waals surface area contributed by atoms with E-state index >= 15 is 0 Å². The number of nitro groups is 1. The first-order chi connectivity index (χ1) is 9.45. The van der Waals surface area contributed by atoms with Gasteiger partial charge in [0, 0.05) is 12.1 Å². The summed E-state index contributed by atoms with van der Waals surface area (Å²) in [6.45, 7) is 8.36. The highest BCUT2D eigenvalue weighted by Gasteiger charge is 2.37. The van der Waals surface area contributed by atoms with Crippen LogP contribution < -0.4 is 5.32 Å². The molecular weight excluding hydrogens is 272 g/mol. The molecule has 0 aliphatic heterocycles. The van der Waals surface area contributed by atoms with E-state index in [0.717, 1.165) is 0 Å². The minimum Gasteiger partial charge on any atom is -0.388 e. The van der Waals surface area contributed by atoms with Crippen LogP contribution in [0.4, 0.5) is 5.69 Å². The molecule has 21 heavy (non-hydrogen) atoms. The van der Waals surface area contributed by atoms with Gasteiger partial charge in [0.1, 0.15) is 0 Å². The third-order valence-corrected chi connectivity index (χ3v) is 3.94. The Bertz CT molecular complexity index is 547. The van der Waals surface area contributed by atoms with Crippen molar-refractivity contribution in [2.24, 2.45) is 0 Å². The van der Waals surface area contributed by atoms with Gasteiger partial charge in [-0.25, -0.2) is 0 Å². The van der Waals surface area contributed by atoms with E-state index in [0.29, 0.717) is 5.56 Å². The first kappa shape index (κ1) is 17.1. The minimum absolute atomic E-state index is 0.0473. The number of hydrogen-bond donors (Lipinski definition) is 2. The molecule has 0 aliphatic carbocycles. The molecule has 0 radical (unpaired) electrons. The molecule has 0 aliphatic rings. The summed E-state index contributed by atoms with van der Waals surface area (Å²) in [7, 11) is 0. The van der Waals surface area contributed by atoms with Gasteiger partial charge in [-0.15, -0.1) is 0 Å². The maximum Gasteiger partial charge on any atom is 0.269 e. The molecule has 116 valence electrons. The van der Waals surface area contributed by atoms with Crippen LogP contribution in [0.15, 0.2) is 24.3 Å². The molecule has 1 unspecified atom stereocenters. The van der Waals surface area contributed by atoms with Crippen LogP contribution in [0.3, 0.4) is 0 Å². The fourth-order valence-electron chi connectivity index (χ4n) is 1.63. The molecule has 6 heteroatoms. The van der Waals surface area contributed by atoms with Gasteiger partial charge in [-0.2, -0.15) is 0 Å². The van der Waals surface area contributed by atoms with Gasteiger partial charge in [-0.1, -0.05) is 12.1 Å². The predicted octanol–water partition coefficient (Wildman–Crippen LogP) is 2.36. The number of hydrogen-bond acceptors (Lipinski definition) is 4. The molecule has 0 saturated heterocycles. The van der Waals surface area contributed by atoms with Gasteiger partial charge in [0.25, 0.3) is 5.69 Å². The highest BCUT2D eigenvalue weighted by Crippen LogP contribution is 2.24. The summed E-state index contributed by atoms with van der Waals surface area (Å²) in [5.41, 5.74) is -1.40. The Kier molecular flexibility index (Phi) is 4.73. The SMILES string of the molecule is CC(C(=O)NC(C)(C)C(C)(C)O)c1cccc([N+](=O)[O-])c1. The largest absolute Gasteiger partial charge is 0.388 e. The van der Waals surface area contributed by atoms with E-state index in [2.05, 4.69) is 5.32 Å². The van der Waals surface area contributed by atoms with Crippen LogP contribution in [0.1, 0.15) is 46.1 Å². The molecule has 1 amide bonds. The molecule has 1 aromatic carbocycles. The molecule has 1 aromatic rings. The van der Waals surface area contributed by atoms with Crippen LogP contribution in [0.5, 0.6) is 0 Å². The number of nitro benzene ring substituents is 1. The highest BCUT2D eigenvalue weighted by atomic mass is 16.6. The molecule has 6 nitrogen and oxygen atoms in total. The van der Waals surface area contributed by atoms with Crippen molar-refractivity contribution in [3.63, 3.8) is 0 Å². The maximum absolute atomic E-state index is 12.3. The van der Waals surface area contributed by atoms with Gasteiger partial charge in [0.2, 0.25) is 5.91 Å². The van der Waals surface area contributed by atoms with Gasteiger partial charge in [0.15, 0.2) is 0 Å². The second kappa shape index (κ2) is 5.81. The molecule has 0 heterocycles. The zero-order valence-corrected chi connectivity index (χ0v) is 13.0. The van der Waals surface area contributed by atoms with E-state index in [-0.39, 0.29) is 11.6 Å². The number of rotatable bonds is 5. The smallest absolute Gasteiger partial charge is 0.269 e. The molecule has 0 saturated carbocycles. The van der Waals surface area contributed by atoms with Crippen molar-refractivity contribution in [2.45, 2.75) is 51.7 Å². The van der Waals surface area contributed by atoms with Crippen LogP contribution in [0, 0.1) is 10.1 Å². The Balaban J connectivity index is 2.94. The van der Waals surface area contributed by atoms with E-state index < -0.39 is 22.0 Å². The van der Waals surface area contributed by atoms with E-state index in [1.165, 1.54) is 12.1 Å². The van der Waals surface area contributed by atoms with Crippen LogP contribution >= 0.6 is 0 Å². The van der Waals surface area contributed by atoms with Gasteiger partial charge >= 0.3 is 0 Å². The van der Waals surface area contributed by atoms with Crippen molar-refractivity contribution in [1.82, 2.24) is 5.32 Å². The lowest BCUT2D eigenvalue weighted by Gasteiger charge is -2.38. The average Bonchev–Trinajstić information content (AvgIpc) is 2.36. The van der Waals surface area contributed by atoms with Gasteiger partial charge in [-0.05, 0) is 40.2 Å². The molecule has 1 atom stereocenters. The van der Waals surface area contributed by atoms with E-state index in [9.17, 15) is 20.0 Å². The van der Waals surface area contributed by atoms with Crippen molar-refractivity contribution < 1.29 is 14.8 Å². The third-order valence-electron chi connectivity index (χ3n) is 3.94. The molecular formula is C15H22N2O4. The predicted molar refractivity (Wildman–Crippen MR) is 80.0 cm³/mol. The lowest BCUT2D eigenvalue weighted by Crippen LogP contribution is -2.58. The fourth-order valence-corrected chi connectivity index (χ4v) is 1.63.